The maximum atomic E-state index is 13.8. The van der Waals surface area contributed by atoms with Crippen molar-refractivity contribution in [2.75, 3.05) is 61.0 Å². The fourth-order valence-corrected chi connectivity index (χ4v) is 8.75. The number of H-pyrrole nitrogens is 1. The molecule has 0 aliphatic carbocycles. The van der Waals surface area contributed by atoms with Gasteiger partial charge in [0.2, 0.25) is 11.2 Å². The Morgan fingerprint density at radius 3 is 1.73 bits per heavy atom. The first kappa shape index (κ1) is 50.6. The van der Waals surface area contributed by atoms with Crippen molar-refractivity contribution in [1.82, 2.24) is 33.8 Å². The van der Waals surface area contributed by atoms with Gasteiger partial charge < -0.3 is 29.5 Å². The number of hydrogen-bond acceptors (Lipinski definition) is 8. The lowest BCUT2D eigenvalue weighted by Gasteiger charge is -2.41. The first-order valence-electron chi connectivity index (χ1n) is 22.4. The Morgan fingerprint density at radius 1 is 0.761 bits per heavy atom. The molecule has 352 valence electrons. The van der Waals surface area contributed by atoms with Gasteiger partial charge in [-0.1, -0.05) is 145 Å². The van der Waals surface area contributed by atoms with Gasteiger partial charge in [-0.3, -0.25) is 18.7 Å². The molecular formula is C53H61Cl2N7O5. The molecule has 3 heterocycles. The number of likely N-dealkylation sites (tertiary alicyclic amines) is 1. The van der Waals surface area contributed by atoms with Crippen molar-refractivity contribution >= 4 is 40.3 Å². The number of likely N-dealkylation sites (N-methyl/N-ethyl adjacent to an activating group) is 2. The summed E-state index contributed by atoms with van der Waals surface area (Å²) < 4.78 is 8.34. The van der Waals surface area contributed by atoms with Gasteiger partial charge in [-0.15, -0.1) is 0 Å². The lowest BCUT2D eigenvalue weighted by Crippen LogP contribution is -2.48. The second-order valence-corrected chi connectivity index (χ2v) is 18.1. The van der Waals surface area contributed by atoms with E-state index in [-0.39, 0.29) is 28.5 Å². The van der Waals surface area contributed by atoms with E-state index in [2.05, 4.69) is 107 Å². The molecule has 12 nitrogen and oxygen atoms in total. The van der Waals surface area contributed by atoms with Crippen molar-refractivity contribution in [1.29, 1.82) is 0 Å². The van der Waals surface area contributed by atoms with E-state index in [0.717, 1.165) is 54.0 Å². The Morgan fingerprint density at radius 2 is 1.25 bits per heavy atom. The van der Waals surface area contributed by atoms with Gasteiger partial charge in [-0.2, -0.15) is 4.98 Å². The quantitative estimate of drug-likeness (QED) is 0.111. The number of aromatic nitrogens is 4. The summed E-state index contributed by atoms with van der Waals surface area (Å²) in [6.45, 7) is 3.96. The van der Waals surface area contributed by atoms with Crippen LogP contribution in [0.4, 0.5) is 0 Å². The van der Waals surface area contributed by atoms with Gasteiger partial charge in [0.05, 0.1) is 12.2 Å². The van der Waals surface area contributed by atoms with Gasteiger partial charge in [0.15, 0.2) is 11.2 Å². The molecule has 1 amide bonds. The van der Waals surface area contributed by atoms with Crippen molar-refractivity contribution < 1.29 is 14.6 Å². The molecule has 8 rings (SSSR count). The highest BCUT2D eigenvalue weighted by molar-refractivity contribution is 6.30. The van der Waals surface area contributed by atoms with Crippen LogP contribution in [0.1, 0.15) is 53.2 Å². The predicted octanol–water partition coefficient (Wildman–Crippen LogP) is 8.06. The summed E-state index contributed by atoms with van der Waals surface area (Å²) in [5, 5.41) is 12.0. The number of amides is 1. The monoisotopic (exact) mass is 945 g/mol. The van der Waals surface area contributed by atoms with Crippen molar-refractivity contribution in [3.05, 3.63) is 205 Å². The zero-order valence-electron chi connectivity index (χ0n) is 39.1. The topological polar surface area (TPSA) is 129 Å². The van der Waals surface area contributed by atoms with E-state index in [1.807, 2.05) is 86.9 Å². The minimum absolute atomic E-state index is 0.0161. The third-order valence-electron chi connectivity index (χ3n) is 12.3. The second kappa shape index (κ2) is 23.2. The highest BCUT2D eigenvalue weighted by Gasteiger charge is 2.43. The molecule has 0 spiro atoms. The molecule has 1 saturated heterocycles. The van der Waals surface area contributed by atoms with Crippen LogP contribution in [0.15, 0.2) is 155 Å². The maximum Gasteiger partial charge on any atom is 0.332 e. The molecule has 5 aromatic carbocycles. The standard InChI is InChI=1S/C29H33ClN2O2.C17H21NO.C7H7ClN4O2/c1-31(2)27(33)29(24-9-5-3-6-10-24,25-11-7-4-8-12-25)19-22-32-20-17-28(34,18-21-32)23-13-15-26(30)16-14-23;1-18(2)13-14-19-17(15-9-5-3-6-10-15)16-11-7-4-8-12-16;1-11-4-3(9-6(8)10-4)5(13)12(2)7(11)14/h3-16,34H,17-22H2,1-2H3;3-12,17H,13-14H2,1-2H3;1-2H3,(H,9,10). The first-order valence-corrected chi connectivity index (χ1v) is 23.1. The maximum absolute atomic E-state index is 13.8. The van der Waals surface area contributed by atoms with Gasteiger partial charge in [0.1, 0.15) is 11.5 Å². The number of fused-ring (bicyclic) bond motifs is 1. The van der Waals surface area contributed by atoms with E-state index in [1.165, 1.54) is 29.8 Å². The van der Waals surface area contributed by atoms with Crippen molar-refractivity contribution in [2.45, 2.75) is 36.4 Å². The molecule has 0 bridgehead atoms. The number of ether oxygens (including phenoxy) is 1. The minimum atomic E-state index is -0.837. The number of hydrogen-bond donors (Lipinski definition) is 2. The van der Waals surface area contributed by atoms with E-state index < -0.39 is 22.3 Å². The molecule has 67 heavy (non-hydrogen) atoms. The van der Waals surface area contributed by atoms with E-state index in [0.29, 0.717) is 24.3 Å². The fraction of sp³-hybridized carbons (Fsp3) is 0.321. The van der Waals surface area contributed by atoms with Crippen molar-refractivity contribution in [3.8, 4) is 0 Å². The van der Waals surface area contributed by atoms with Gasteiger partial charge in [-0.25, -0.2) is 4.79 Å². The number of nitrogens with one attached hydrogen (secondary N) is 1. The molecule has 0 radical (unpaired) electrons. The smallest absolute Gasteiger partial charge is 0.332 e. The first-order chi connectivity index (χ1) is 32.1. The Balaban J connectivity index is 0.000000187. The number of aryl methyl sites for hydroxylation is 1. The molecule has 0 unspecified atom stereocenters. The number of rotatable bonds is 13. The van der Waals surface area contributed by atoms with Crippen LogP contribution < -0.4 is 11.2 Å². The molecule has 2 N–H and O–H groups in total. The molecule has 1 aliphatic heterocycles. The Hall–Kier alpha value is -5.86. The van der Waals surface area contributed by atoms with E-state index in [4.69, 9.17) is 27.9 Å². The number of aliphatic hydroxyl groups is 1. The molecule has 7 aromatic rings. The zero-order valence-corrected chi connectivity index (χ0v) is 40.6. The number of benzene rings is 5. The number of nitrogens with zero attached hydrogens (tertiary/aromatic N) is 6. The molecule has 2 aromatic heterocycles. The number of piperidine rings is 1. The summed E-state index contributed by atoms with van der Waals surface area (Å²) in [7, 11) is 10.7. The molecule has 1 fully saturated rings. The van der Waals surface area contributed by atoms with Crippen LogP contribution in [0.25, 0.3) is 11.2 Å². The molecule has 0 atom stereocenters. The predicted molar refractivity (Wildman–Crippen MR) is 269 cm³/mol. The lowest BCUT2D eigenvalue weighted by molar-refractivity contribution is -0.133. The number of carbonyl (C=O) groups is 1. The minimum Gasteiger partial charge on any atom is -0.385 e. The molecule has 14 heteroatoms. The van der Waals surface area contributed by atoms with Crippen LogP contribution in [-0.2, 0) is 34.6 Å². The SMILES string of the molecule is CN(C)C(=O)C(CCN1CCC(O)(c2ccc(Cl)cc2)CC1)(c1ccccc1)c1ccccc1.CN(C)CCOC(c1ccccc1)c1ccccc1.Cn1c(=O)c2[nH]c(Cl)nc2n(C)c1=O. The van der Waals surface area contributed by atoms with E-state index >= 15 is 0 Å². The van der Waals surface area contributed by atoms with Crippen LogP contribution in [-0.4, -0.2) is 106 Å². The number of carbonyl (C=O) groups excluding carboxylic acids is 1. The van der Waals surface area contributed by atoms with Crippen LogP contribution >= 0.6 is 23.2 Å². The van der Waals surface area contributed by atoms with Crippen LogP contribution in [0.5, 0.6) is 0 Å². The van der Waals surface area contributed by atoms with Gasteiger partial charge >= 0.3 is 5.69 Å². The van der Waals surface area contributed by atoms with Crippen LogP contribution in [0.2, 0.25) is 10.3 Å². The molecule has 0 saturated carbocycles. The summed E-state index contributed by atoms with van der Waals surface area (Å²) in [4.78, 5) is 49.4. The van der Waals surface area contributed by atoms with Crippen molar-refractivity contribution in [3.63, 3.8) is 0 Å². The van der Waals surface area contributed by atoms with Gasteiger partial charge in [0.25, 0.3) is 5.56 Å². The largest absolute Gasteiger partial charge is 0.385 e. The summed E-state index contributed by atoms with van der Waals surface area (Å²) in [5.41, 5.74) is 3.38. The Bertz CT molecular complexity index is 2680. The third kappa shape index (κ3) is 12.4. The number of aromatic amines is 1. The lowest BCUT2D eigenvalue weighted by atomic mass is 9.70. The second-order valence-electron chi connectivity index (χ2n) is 17.3. The average molecular weight is 947 g/mol. The summed E-state index contributed by atoms with van der Waals surface area (Å²) in [6, 6.07) is 48.5. The van der Waals surface area contributed by atoms with Crippen molar-refractivity contribution in [2.24, 2.45) is 14.1 Å². The number of halogens is 2. The average Bonchev–Trinajstić information content (AvgIpc) is 3.75. The molecular weight excluding hydrogens is 886 g/mol. The molecule has 1 aliphatic rings. The van der Waals surface area contributed by atoms with Gasteiger partial charge in [-0.05, 0) is 91.5 Å². The van der Waals surface area contributed by atoms with E-state index in [1.54, 1.807) is 4.90 Å². The third-order valence-corrected chi connectivity index (χ3v) is 12.7. The van der Waals surface area contributed by atoms with E-state index in [9.17, 15) is 19.5 Å². The zero-order chi connectivity index (χ0) is 48.1. The Labute approximate surface area is 403 Å². The summed E-state index contributed by atoms with van der Waals surface area (Å²) in [5.74, 6) is 0.0829. The fourth-order valence-electron chi connectivity index (χ4n) is 8.45. The highest BCUT2D eigenvalue weighted by Crippen LogP contribution is 2.39. The number of imidazole rings is 1. The normalized spacial score (nSPS) is 13.7. The Kier molecular flexibility index (Phi) is 17.5. The highest BCUT2D eigenvalue weighted by atomic mass is 35.5. The van der Waals surface area contributed by atoms with Crippen LogP contribution in [0, 0.1) is 0 Å². The summed E-state index contributed by atoms with van der Waals surface area (Å²) in [6.07, 6.45) is 1.99. The van der Waals surface area contributed by atoms with Gasteiger partial charge in [0, 0.05) is 52.8 Å². The van der Waals surface area contributed by atoms with Crippen LogP contribution in [0.3, 0.4) is 0 Å². The summed E-state index contributed by atoms with van der Waals surface area (Å²) >= 11 is 11.6.